The number of rotatable bonds is 2. The predicted molar refractivity (Wildman–Crippen MR) is 55.6 cm³/mol. The van der Waals surface area contributed by atoms with Crippen LogP contribution >= 0.6 is 15.9 Å². The molecular weight excluding hydrogens is 249 g/mol. The summed E-state index contributed by atoms with van der Waals surface area (Å²) < 4.78 is 13.5. The third-order valence-corrected chi connectivity index (χ3v) is 3.13. The maximum absolute atomic E-state index is 13.1. The fraction of sp³-hybridized carbons (Fsp3) is 0.400. The van der Waals surface area contributed by atoms with E-state index in [4.69, 9.17) is 5.73 Å². The Morgan fingerprint density at radius 1 is 1.50 bits per heavy atom. The number of benzene rings is 1. The highest BCUT2D eigenvalue weighted by molar-refractivity contribution is 9.10. The van der Waals surface area contributed by atoms with Crippen LogP contribution < -0.4 is 5.73 Å². The number of halogens is 2. The Bertz CT molecular complexity index is 353. The second-order valence-electron chi connectivity index (χ2n) is 3.95. The number of aromatic hydroxyl groups is 1. The van der Waals surface area contributed by atoms with Gasteiger partial charge in [0.25, 0.3) is 0 Å². The Labute approximate surface area is 90.1 Å². The number of hydrogen-bond acceptors (Lipinski definition) is 2. The zero-order valence-electron chi connectivity index (χ0n) is 7.56. The van der Waals surface area contributed by atoms with Gasteiger partial charge in [-0.1, -0.05) is 0 Å². The molecule has 0 radical (unpaired) electrons. The van der Waals surface area contributed by atoms with Gasteiger partial charge in [0.2, 0.25) is 0 Å². The molecule has 0 amide bonds. The van der Waals surface area contributed by atoms with Crippen LogP contribution in [-0.2, 0) is 6.42 Å². The molecule has 1 saturated carbocycles. The minimum absolute atomic E-state index is 0.136. The number of phenols is 1. The van der Waals surface area contributed by atoms with Crippen LogP contribution in [0.4, 0.5) is 4.39 Å². The van der Waals surface area contributed by atoms with E-state index in [1.807, 2.05) is 0 Å². The molecule has 0 heterocycles. The topological polar surface area (TPSA) is 46.2 Å². The monoisotopic (exact) mass is 259 g/mol. The van der Waals surface area contributed by atoms with Crippen molar-refractivity contribution in [3.05, 3.63) is 28.0 Å². The van der Waals surface area contributed by atoms with Crippen LogP contribution in [0, 0.1) is 5.82 Å². The summed E-state index contributed by atoms with van der Waals surface area (Å²) in [5.74, 6) is -0.936. The van der Waals surface area contributed by atoms with Crippen LogP contribution in [0.25, 0.3) is 0 Å². The van der Waals surface area contributed by atoms with Gasteiger partial charge in [0, 0.05) is 5.54 Å². The second kappa shape index (κ2) is 3.21. The SMILES string of the molecule is NC1(Cc2cc(F)c(O)c(Br)c2)CC1. The van der Waals surface area contributed by atoms with E-state index in [-0.39, 0.29) is 11.3 Å². The minimum atomic E-state index is -0.598. The molecule has 0 saturated heterocycles. The van der Waals surface area contributed by atoms with Crippen molar-refractivity contribution in [2.45, 2.75) is 24.8 Å². The lowest BCUT2D eigenvalue weighted by Crippen LogP contribution is -2.24. The zero-order chi connectivity index (χ0) is 10.3. The molecule has 1 aromatic carbocycles. The molecule has 2 rings (SSSR count). The summed E-state index contributed by atoms with van der Waals surface area (Å²) in [6.45, 7) is 0. The highest BCUT2D eigenvalue weighted by atomic mass is 79.9. The minimum Gasteiger partial charge on any atom is -0.504 e. The molecule has 14 heavy (non-hydrogen) atoms. The molecule has 1 aliphatic rings. The van der Waals surface area contributed by atoms with Gasteiger partial charge in [-0.2, -0.15) is 0 Å². The summed E-state index contributed by atoms with van der Waals surface area (Å²) in [5.41, 5.74) is 6.61. The van der Waals surface area contributed by atoms with Crippen LogP contribution in [0.15, 0.2) is 16.6 Å². The molecular formula is C10H11BrFNO. The molecule has 1 aliphatic carbocycles. The van der Waals surface area contributed by atoms with Crippen molar-refractivity contribution < 1.29 is 9.50 Å². The lowest BCUT2D eigenvalue weighted by Gasteiger charge is -2.09. The van der Waals surface area contributed by atoms with Gasteiger partial charge in [-0.25, -0.2) is 4.39 Å². The highest BCUT2D eigenvalue weighted by Gasteiger charge is 2.38. The summed E-state index contributed by atoms with van der Waals surface area (Å²) in [5, 5.41) is 9.19. The first-order valence-electron chi connectivity index (χ1n) is 4.46. The zero-order valence-corrected chi connectivity index (χ0v) is 9.14. The van der Waals surface area contributed by atoms with Gasteiger partial charge >= 0.3 is 0 Å². The van der Waals surface area contributed by atoms with E-state index < -0.39 is 5.82 Å². The van der Waals surface area contributed by atoms with Gasteiger partial charge < -0.3 is 10.8 Å². The normalized spacial score (nSPS) is 18.2. The quantitative estimate of drug-likeness (QED) is 0.857. The van der Waals surface area contributed by atoms with E-state index >= 15 is 0 Å². The molecule has 1 fully saturated rings. The summed E-state index contributed by atoms with van der Waals surface area (Å²) in [6, 6.07) is 3.05. The smallest absolute Gasteiger partial charge is 0.166 e. The molecule has 0 aromatic heterocycles. The molecule has 0 bridgehead atoms. The first kappa shape index (κ1) is 9.93. The third kappa shape index (κ3) is 1.91. The van der Waals surface area contributed by atoms with Gasteiger partial charge in [-0.3, -0.25) is 0 Å². The van der Waals surface area contributed by atoms with Crippen LogP contribution in [0.1, 0.15) is 18.4 Å². The van der Waals surface area contributed by atoms with Gasteiger partial charge in [0.05, 0.1) is 4.47 Å². The molecule has 2 nitrogen and oxygen atoms in total. The maximum atomic E-state index is 13.1. The van der Waals surface area contributed by atoms with E-state index in [9.17, 15) is 9.50 Å². The lowest BCUT2D eigenvalue weighted by molar-refractivity contribution is 0.428. The van der Waals surface area contributed by atoms with Crippen molar-refractivity contribution in [3.8, 4) is 5.75 Å². The van der Waals surface area contributed by atoms with Crippen molar-refractivity contribution >= 4 is 15.9 Å². The second-order valence-corrected chi connectivity index (χ2v) is 4.80. The third-order valence-electron chi connectivity index (χ3n) is 2.53. The Morgan fingerprint density at radius 3 is 2.64 bits per heavy atom. The van der Waals surface area contributed by atoms with Crippen LogP contribution in [-0.4, -0.2) is 10.6 Å². The van der Waals surface area contributed by atoms with Crippen LogP contribution in [0.5, 0.6) is 5.75 Å². The standard InChI is InChI=1S/C10H11BrFNO/c11-7-3-6(4-8(12)9(7)14)5-10(13)1-2-10/h3-4,14H,1-2,5,13H2. The predicted octanol–water partition coefficient (Wildman–Crippen LogP) is 2.33. The van der Waals surface area contributed by atoms with E-state index in [1.165, 1.54) is 6.07 Å². The Kier molecular flexibility index (Phi) is 2.27. The average Bonchev–Trinajstić information content (AvgIpc) is 2.79. The molecule has 76 valence electrons. The Balaban J connectivity index is 2.26. The highest BCUT2D eigenvalue weighted by Crippen LogP contribution is 2.37. The lowest BCUT2D eigenvalue weighted by atomic mass is 10.0. The molecule has 4 heteroatoms. The van der Waals surface area contributed by atoms with Crippen molar-refractivity contribution in [2.75, 3.05) is 0 Å². The van der Waals surface area contributed by atoms with Gasteiger partial charge in [-0.05, 0) is 52.9 Å². The van der Waals surface area contributed by atoms with Gasteiger partial charge in [0.1, 0.15) is 0 Å². The maximum Gasteiger partial charge on any atom is 0.166 e. The van der Waals surface area contributed by atoms with Crippen LogP contribution in [0.2, 0.25) is 0 Å². The molecule has 0 atom stereocenters. The Morgan fingerprint density at radius 2 is 2.14 bits per heavy atom. The molecule has 0 aliphatic heterocycles. The first-order valence-corrected chi connectivity index (χ1v) is 5.25. The molecule has 1 aromatic rings. The number of phenolic OH excluding ortho intramolecular Hbond substituents is 1. The van der Waals surface area contributed by atoms with Crippen molar-refractivity contribution in [1.82, 2.24) is 0 Å². The van der Waals surface area contributed by atoms with E-state index in [2.05, 4.69) is 15.9 Å². The van der Waals surface area contributed by atoms with Crippen molar-refractivity contribution in [3.63, 3.8) is 0 Å². The van der Waals surface area contributed by atoms with E-state index in [0.29, 0.717) is 10.9 Å². The van der Waals surface area contributed by atoms with E-state index in [0.717, 1.165) is 18.4 Å². The fourth-order valence-corrected chi connectivity index (χ4v) is 1.95. The molecule has 0 unspecified atom stereocenters. The largest absolute Gasteiger partial charge is 0.504 e. The number of nitrogens with two attached hydrogens (primary N) is 1. The van der Waals surface area contributed by atoms with Gasteiger partial charge in [-0.15, -0.1) is 0 Å². The average molecular weight is 260 g/mol. The summed E-state index contributed by atoms with van der Waals surface area (Å²) in [6.07, 6.45) is 2.66. The Hall–Kier alpha value is -0.610. The first-order chi connectivity index (χ1) is 6.50. The molecule has 3 N–H and O–H groups in total. The van der Waals surface area contributed by atoms with Crippen LogP contribution in [0.3, 0.4) is 0 Å². The van der Waals surface area contributed by atoms with E-state index in [1.54, 1.807) is 6.07 Å². The summed E-state index contributed by atoms with van der Waals surface area (Å²) >= 11 is 3.09. The summed E-state index contributed by atoms with van der Waals surface area (Å²) in [7, 11) is 0. The summed E-state index contributed by atoms with van der Waals surface area (Å²) in [4.78, 5) is 0. The molecule has 0 spiro atoms. The van der Waals surface area contributed by atoms with Crippen molar-refractivity contribution in [1.29, 1.82) is 0 Å². The fourth-order valence-electron chi connectivity index (χ4n) is 1.46. The van der Waals surface area contributed by atoms with Gasteiger partial charge in [0.15, 0.2) is 11.6 Å². The van der Waals surface area contributed by atoms with Crippen molar-refractivity contribution in [2.24, 2.45) is 5.73 Å². The number of hydrogen-bond donors (Lipinski definition) is 2.